The van der Waals surface area contributed by atoms with E-state index in [1.807, 2.05) is 6.92 Å². The van der Waals surface area contributed by atoms with Crippen LogP contribution in [-0.4, -0.2) is 41.5 Å². The molecular formula is C16H20BrN5O3S. The van der Waals surface area contributed by atoms with E-state index in [4.69, 9.17) is 0 Å². The highest BCUT2D eigenvalue weighted by Gasteiger charge is 2.41. The van der Waals surface area contributed by atoms with Gasteiger partial charge in [0.2, 0.25) is 5.91 Å². The van der Waals surface area contributed by atoms with Gasteiger partial charge in [-0.25, -0.2) is 0 Å². The number of anilines is 1. The van der Waals surface area contributed by atoms with Crippen molar-refractivity contribution in [1.29, 1.82) is 0 Å². The normalized spacial score (nSPS) is 22.9. The Labute approximate surface area is 160 Å². The number of rotatable bonds is 3. The number of halogens is 1. The van der Waals surface area contributed by atoms with Gasteiger partial charge in [-0.05, 0) is 37.6 Å². The monoisotopic (exact) mass is 441 g/mol. The zero-order valence-corrected chi connectivity index (χ0v) is 17.0. The van der Waals surface area contributed by atoms with Crippen molar-refractivity contribution in [2.45, 2.75) is 25.4 Å². The van der Waals surface area contributed by atoms with E-state index in [1.165, 1.54) is 7.05 Å². The molecule has 1 fully saturated rings. The maximum absolute atomic E-state index is 12.7. The van der Waals surface area contributed by atoms with E-state index in [0.717, 1.165) is 20.0 Å². The summed E-state index contributed by atoms with van der Waals surface area (Å²) in [6, 6.07) is 5.78. The van der Waals surface area contributed by atoms with Gasteiger partial charge in [0.05, 0.1) is 11.7 Å². The quantitative estimate of drug-likeness (QED) is 0.757. The van der Waals surface area contributed by atoms with Crippen LogP contribution < -0.4 is 10.0 Å². The van der Waals surface area contributed by atoms with Gasteiger partial charge >= 0.3 is 0 Å². The second kappa shape index (κ2) is 7.10. The number of benzene rings is 1. The molecule has 2 N–H and O–H groups in total. The molecule has 3 rings (SSSR count). The van der Waals surface area contributed by atoms with E-state index in [0.29, 0.717) is 12.1 Å². The molecule has 8 nitrogen and oxygen atoms in total. The predicted molar refractivity (Wildman–Crippen MR) is 102 cm³/mol. The maximum Gasteiger partial charge on any atom is 0.280 e. The zero-order valence-electron chi connectivity index (χ0n) is 14.6. The van der Waals surface area contributed by atoms with Crippen LogP contribution in [0.1, 0.15) is 23.7 Å². The number of hydrogen-bond acceptors (Lipinski definition) is 4. The number of carbonyl (C=O) groups is 1. The van der Waals surface area contributed by atoms with E-state index in [9.17, 15) is 13.2 Å². The van der Waals surface area contributed by atoms with Crippen molar-refractivity contribution < 1.29 is 13.2 Å². The highest BCUT2D eigenvalue weighted by atomic mass is 79.9. The third-order valence-corrected chi connectivity index (χ3v) is 6.53. The molecule has 2 heterocycles. The molecule has 0 bridgehead atoms. The van der Waals surface area contributed by atoms with Gasteiger partial charge in [-0.1, -0.05) is 15.9 Å². The molecule has 1 aliphatic rings. The van der Waals surface area contributed by atoms with E-state index in [1.54, 1.807) is 42.2 Å². The molecule has 2 atom stereocenters. The van der Waals surface area contributed by atoms with Gasteiger partial charge in [0.25, 0.3) is 10.2 Å². The second-order valence-corrected chi connectivity index (χ2v) is 8.96. The number of aryl methyl sites for hydroxylation is 2. The summed E-state index contributed by atoms with van der Waals surface area (Å²) >= 11 is 3.34. The van der Waals surface area contributed by atoms with Crippen LogP contribution in [0, 0.1) is 6.92 Å². The van der Waals surface area contributed by atoms with Crippen LogP contribution in [0.3, 0.4) is 0 Å². The minimum Gasteiger partial charge on any atom is -0.325 e. The van der Waals surface area contributed by atoms with Gasteiger partial charge in [0.15, 0.2) is 0 Å². The molecule has 1 amide bonds. The Balaban J connectivity index is 1.85. The van der Waals surface area contributed by atoms with Crippen molar-refractivity contribution in [3.8, 4) is 0 Å². The summed E-state index contributed by atoms with van der Waals surface area (Å²) in [6.45, 7) is 1.82. The third kappa shape index (κ3) is 3.83. The van der Waals surface area contributed by atoms with Gasteiger partial charge in [-0.3, -0.25) is 9.48 Å². The summed E-state index contributed by atoms with van der Waals surface area (Å²) in [7, 11) is -0.603. The minimum atomic E-state index is -3.78. The van der Waals surface area contributed by atoms with Gasteiger partial charge in [-0.2, -0.15) is 22.5 Å². The largest absolute Gasteiger partial charge is 0.325 e. The summed E-state index contributed by atoms with van der Waals surface area (Å²) in [6.07, 6.45) is 2.09. The van der Waals surface area contributed by atoms with Crippen molar-refractivity contribution in [3.05, 3.63) is 46.2 Å². The molecule has 1 aliphatic heterocycles. The Morgan fingerprint density at radius 1 is 1.31 bits per heavy atom. The van der Waals surface area contributed by atoms with Crippen LogP contribution in [0.4, 0.5) is 5.69 Å². The second-order valence-electron chi connectivity index (χ2n) is 6.28. The van der Waals surface area contributed by atoms with Crippen LogP contribution in [-0.2, 0) is 22.1 Å². The molecule has 0 radical (unpaired) electrons. The standard InChI is InChI=1S/C16H20BrN5O3S/c1-10-13(9-21(2)19-10)14-8-15(22(3)26(24,25)20-14)16(23)18-12-6-4-11(17)5-7-12/h4-7,9,14-15,20H,8H2,1-3H3,(H,18,23)/t14-,15-/m0/s1. The molecule has 0 unspecified atom stereocenters. The van der Waals surface area contributed by atoms with Crippen molar-refractivity contribution >= 4 is 37.7 Å². The van der Waals surface area contributed by atoms with Crippen molar-refractivity contribution in [2.75, 3.05) is 12.4 Å². The lowest BCUT2D eigenvalue weighted by Gasteiger charge is -2.36. The molecule has 1 aromatic carbocycles. The van der Waals surface area contributed by atoms with Gasteiger partial charge in [-0.15, -0.1) is 0 Å². The molecular weight excluding hydrogens is 422 g/mol. The predicted octanol–water partition coefficient (Wildman–Crippen LogP) is 1.71. The fourth-order valence-corrected chi connectivity index (χ4v) is 4.56. The number of aromatic nitrogens is 2. The lowest BCUT2D eigenvalue weighted by atomic mass is 10.00. The Morgan fingerprint density at radius 2 is 1.96 bits per heavy atom. The first kappa shape index (κ1) is 19.0. The lowest BCUT2D eigenvalue weighted by molar-refractivity contribution is -0.120. The third-order valence-electron chi connectivity index (χ3n) is 4.41. The number of amides is 1. The zero-order chi connectivity index (χ0) is 19.1. The number of nitrogens with zero attached hydrogens (tertiary/aromatic N) is 3. The summed E-state index contributed by atoms with van der Waals surface area (Å²) < 4.78 is 31.2. The molecule has 1 aromatic heterocycles. The Hall–Kier alpha value is -1.75. The van der Waals surface area contributed by atoms with Crippen LogP contribution in [0.25, 0.3) is 0 Å². The van der Waals surface area contributed by atoms with Crippen LogP contribution in [0.2, 0.25) is 0 Å². The maximum atomic E-state index is 12.7. The first-order valence-electron chi connectivity index (χ1n) is 7.99. The van der Waals surface area contributed by atoms with Crippen molar-refractivity contribution in [3.63, 3.8) is 0 Å². The molecule has 10 heteroatoms. The topological polar surface area (TPSA) is 96.3 Å². The first-order chi connectivity index (χ1) is 12.2. The minimum absolute atomic E-state index is 0.310. The summed E-state index contributed by atoms with van der Waals surface area (Å²) in [4.78, 5) is 12.7. The highest BCUT2D eigenvalue weighted by Crippen LogP contribution is 2.29. The number of hydrogen-bond donors (Lipinski definition) is 2. The van der Waals surface area contributed by atoms with Crippen LogP contribution >= 0.6 is 15.9 Å². The van der Waals surface area contributed by atoms with Gasteiger partial charge < -0.3 is 5.32 Å². The summed E-state index contributed by atoms with van der Waals surface area (Å²) in [5, 5.41) is 7.05. The van der Waals surface area contributed by atoms with Gasteiger partial charge in [0.1, 0.15) is 6.04 Å². The fourth-order valence-electron chi connectivity index (χ4n) is 3.03. The Morgan fingerprint density at radius 3 is 2.54 bits per heavy atom. The van der Waals surface area contributed by atoms with Crippen LogP contribution in [0.5, 0.6) is 0 Å². The van der Waals surface area contributed by atoms with E-state index >= 15 is 0 Å². The molecule has 0 aliphatic carbocycles. The smallest absolute Gasteiger partial charge is 0.280 e. The highest BCUT2D eigenvalue weighted by molar-refractivity contribution is 9.10. The summed E-state index contributed by atoms with van der Waals surface area (Å²) in [5.41, 5.74) is 2.11. The van der Waals surface area contributed by atoms with E-state index in [2.05, 4.69) is 31.1 Å². The summed E-state index contributed by atoms with van der Waals surface area (Å²) in [5.74, 6) is -0.369. The molecule has 140 valence electrons. The lowest BCUT2D eigenvalue weighted by Crippen LogP contribution is -2.56. The first-order valence-corrected chi connectivity index (χ1v) is 10.2. The Kier molecular flexibility index (Phi) is 5.20. The number of likely N-dealkylation sites (N-methyl/N-ethyl adjacent to an activating group) is 1. The SMILES string of the molecule is Cc1nn(C)cc1[C@@H]1C[C@@H](C(=O)Nc2ccc(Br)cc2)N(C)S(=O)(=O)N1. The average Bonchev–Trinajstić information content (AvgIpc) is 2.90. The van der Waals surface area contributed by atoms with Crippen molar-refractivity contribution in [2.24, 2.45) is 7.05 Å². The molecule has 0 saturated carbocycles. The fraction of sp³-hybridized carbons (Fsp3) is 0.375. The molecule has 1 saturated heterocycles. The van der Waals surface area contributed by atoms with E-state index < -0.39 is 22.3 Å². The van der Waals surface area contributed by atoms with Crippen molar-refractivity contribution in [1.82, 2.24) is 18.8 Å². The molecule has 0 spiro atoms. The molecule has 26 heavy (non-hydrogen) atoms. The number of carbonyl (C=O) groups excluding carboxylic acids is 1. The van der Waals surface area contributed by atoms with E-state index in [-0.39, 0.29) is 5.91 Å². The Bertz CT molecular complexity index is 926. The molecule has 2 aromatic rings. The van der Waals surface area contributed by atoms with Crippen LogP contribution in [0.15, 0.2) is 34.9 Å². The van der Waals surface area contributed by atoms with Gasteiger partial charge in [0, 0.05) is 36.0 Å². The number of nitrogens with one attached hydrogen (secondary N) is 2. The average molecular weight is 442 g/mol.